The summed E-state index contributed by atoms with van der Waals surface area (Å²) in [5.74, 6) is 5.75. The van der Waals surface area contributed by atoms with Crippen molar-refractivity contribution in [1.82, 2.24) is 20.1 Å². The normalized spacial score (nSPS) is 9.92. The van der Waals surface area contributed by atoms with Crippen molar-refractivity contribution >= 4 is 6.01 Å². The first-order chi connectivity index (χ1) is 6.40. The number of aromatic nitrogens is 4. The van der Waals surface area contributed by atoms with Crippen LogP contribution in [-0.2, 0) is 0 Å². The zero-order valence-corrected chi connectivity index (χ0v) is 6.51. The average molecular weight is 178 g/mol. The number of nitrogens with zero attached hydrogens (tertiary/aromatic N) is 4. The topological polar surface area (TPSA) is 103 Å². The minimum Gasteiger partial charge on any atom is -0.314 e. The Morgan fingerprint density at radius 2 is 2.00 bits per heavy atom. The summed E-state index contributed by atoms with van der Waals surface area (Å²) in [6.07, 6.45) is 3.18. The highest BCUT2D eigenvalue weighted by Crippen LogP contribution is 2.10. The molecule has 0 spiro atoms. The summed E-state index contributed by atoms with van der Waals surface area (Å²) < 4.78 is 4.69. The molecule has 2 aromatic heterocycles. The minimum absolute atomic E-state index is 0.127. The Hall–Kier alpha value is -2.02. The Bertz CT molecular complexity index is 385. The molecule has 2 aromatic rings. The predicted molar refractivity (Wildman–Crippen MR) is 43.1 cm³/mol. The van der Waals surface area contributed by atoms with E-state index in [1.165, 1.54) is 0 Å². The number of rotatable bonds is 2. The molecular formula is C6H6N6O. The standard InChI is InChI=1S/C6H6N6O/c7-11-6-10-5(12-13-6)4-8-2-1-3-9-4/h1-3H,7H2,(H,10,11,12). The number of nitrogens with one attached hydrogen (secondary N) is 1. The van der Waals surface area contributed by atoms with Gasteiger partial charge in [0.05, 0.1) is 0 Å². The Balaban J connectivity index is 2.36. The third kappa shape index (κ3) is 1.44. The van der Waals surface area contributed by atoms with Crippen LogP contribution in [-0.4, -0.2) is 20.1 Å². The average Bonchev–Trinajstić information content (AvgIpc) is 2.67. The van der Waals surface area contributed by atoms with Gasteiger partial charge in [-0.3, -0.25) is 5.43 Å². The highest BCUT2D eigenvalue weighted by atomic mass is 16.5. The molecule has 0 bridgehead atoms. The van der Waals surface area contributed by atoms with Gasteiger partial charge in [-0.25, -0.2) is 15.8 Å². The van der Waals surface area contributed by atoms with Crippen LogP contribution >= 0.6 is 0 Å². The summed E-state index contributed by atoms with van der Waals surface area (Å²) in [5, 5.41) is 3.60. The molecule has 3 N–H and O–H groups in total. The van der Waals surface area contributed by atoms with Gasteiger partial charge in [0.2, 0.25) is 11.6 Å². The van der Waals surface area contributed by atoms with Crippen LogP contribution in [0.5, 0.6) is 0 Å². The van der Waals surface area contributed by atoms with E-state index in [4.69, 9.17) is 10.4 Å². The number of nitrogens with two attached hydrogens (primary N) is 1. The lowest BCUT2D eigenvalue weighted by Crippen LogP contribution is -2.06. The van der Waals surface area contributed by atoms with Gasteiger partial charge < -0.3 is 4.52 Å². The summed E-state index contributed by atoms with van der Waals surface area (Å²) in [6, 6.07) is 1.83. The molecule has 0 fully saturated rings. The van der Waals surface area contributed by atoms with Crippen molar-refractivity contribution < 1.29 is 4.52 Å². The summed E-state index contributed by atoms with van der Waals surface area (Å²) in [6.45, 7) is 0. The number of hydrazine groups is 1. The van der Waals surface area contributed by atoms with Gasteiger partial charge in [-0.2, -0.15) is 4.98 Å². The Morgan fingerprint density at radius 1 is 1.23 bits per heavy atom. The van der Waals surface area contributed by atoms with E-state index in [0.717, 1.165) is 0 Å². The van der Waals surface area contributed by atoms with E-state index < -0.39 is 0 Å². The molecule has 0 saturated carbocycles. The van der Waals surface area contributed by atoms with Gasteiger partial charge in [-0.1, -0.05) is 5.16 Å². The van der Waals surface area contributed by atoms with E-state index in [9.17, 15) is 0 Å². The quantitative estimate of drug-likeness (QED) is 0.485. The van der Waals surface area contributed by atoms with E-state index in [1.54, 1.807) is 18.5 Å². The van der Waals surface area contributed by atoms with Crippen LogP contribution in [0, 0.1) is 0 Å². The van der Waals surface area contributed by atoms with Crippen LogP contribution in [0.4, 0.5) is 6.01 Å². The maximum atomic E-state index is 5.05. The molecule has 7 heteroatoms. The first-order valence-corrected chi connectivity index (χ1v) is 3.48. The molecular weight excluding hydrogens is 172 g/mol. The lowest BCUT2D eigenvalue weighted by molar-refractivity contribution is 0.432. The molecule has 0 aromatic carbocycles. The van der Waals surface area contributed by atoms with Crippen molar-refractivity contribution in [3.05, 3.63) is 18.5 Å². The SMILES string of the molecule is NNc1nc(-c2ncccn2)no1. The summed E-state index contributed by atoms with van der Waals surface area (Å²) in [4.78, 5) is 11.7. The van der Waals surface area contributed by atoms with E-state index in [2.05, 4.69) is 25.5 Å². The highest BCUT2D eigenvalue weighted by Gasteiger charge is 2.08. The number of nitrogen functional groups attached to an aromatic ring is 1. The van der Waals surface area contributed by atoms with Gasteiger partial charge in [0, 0.05) is 12.4 Å². The fourth-order valence-electron chi connectivity index (χ4n) is 0.787. The minimum atomic E-state index is 0.127. The lowest BCUT2D eigenvalue weighted by Gasteiger charge is -1.88. The third-order valence-electron chi connectivity index (χ3n) is 1.32. The number of hydrogen-bond donors (Lipinski definition) is 2. The van der Waals surface area contributed by atoms with Gasteiger partial charge in [-0.05, 0) is 6.07 Å². The van der Waals surface area contributed by atoms with Gasteiger partial charge in [0.15, 0.2) is 0 Å². The van der Waals surface area contributed by atoms with Crippen LogP contribution in [0.3, 0.4) is 0 Å². The maximum absolute atomic E-state index is 5.05. The second kappa shape index (κ2) is 3.15. The van der Waals surface area contributed by atoms with Crippen molar-refractivity contribution in [1.29, 1.82) is 0 Å². The van der Waals surface area contributed by atoms with Gasteiger partial charge in [0.25, 0.3) is 0 Å². The van der Waals surface area contributed by atoms with Crippen molar-refractivity contribution in [2.75, 3.05) is 5.43 Å². The molecule has 0 unspecified atom stereocenters. The van der Waals surface area contributed by atoms with Crippen LogP contribution in [0.1, 0.15) is 0 Å². The van der Waals surface area contributed by atoms with Crippen LogP contribution < -0.4 is 11.3 Å². The van der Waals surface area contributed by atoms with Gasteiger partial charge in [0.1, 0.15) is 0 Å². The Kier molecular flexibility index (Phi) is 1.85. The lowest BCUT2D eigenvalue weighted by atomic mass is 10.5. The van der Waals surface area contributed by atoms with Crippen molar-refractivity contribution in [2.24, 2.45) is 5.84 Å². The van der Waals surface area contributed by atoms with Gasteiger partial charge in [-0.15, -0.1) is 0 Å². The zero-order valence-electron chi connectivity index (χ0n) is 6.51. The van der Waals surface area contributed by atoms with Crippen LogP contribution in [0.25, 0.3) is 11.6 Å². The Labute approximate surface area is 73.0 Å². The predicted octanol–water partition coefficient (Wildman–Crippen LogP) is -0.188. The van der Waals surface area contributed by atoms with Crippen molar-refractivity contribution in [3.63, 3.8) is 0 Å². The second-order valence-corrected chi connectivity index (χ2v) is 2.14. The molecule has 0 aliphatic carbocycles. The molecule has 2 heterocycles. The number of hydrogen-bond acceptors (Lipinski definition) is 7. The van der Waals surface area contributed by atoms with Gasteiger partial charge >= 0.3 is 6.01 Å². The molecule has 0 saturated heterocycles. The molecule has 0 amide bonds. The van der Waals surface area contributed by atoms with Crippen LogP contribution in [0.15, 0.2) is 23.0 Å². The molecule has 2 rings (SSSR count). The van der Waals surface area contributed by atoms with Crippen molar-refractivity contribution in [3.8, 4) is 11.6 Å². The first-order valence-electron chi connectivity index (χ1n) is 3.48. The molecule has 7 nitrogen and oxygen atoms in total. The largest absolute Gasteiger partial charge is 0.336 e. The Morgan fingerprint density at radius 3 is 2.62 bits per heavy atom. The summed E-state index contributed by atoms with van der Waals surface area (Å²) >= 11 is 0. The fourth-order valence-corrected chi connectivity index (χ4v) is 0.787. The number of anilines is 1. The zero-order chi connectivity index (χ0) is 9.10. The molecule has 0 aliphatic rings. The molecule has 0 radical (unpaired) electrons. The molecule has 66 valence electrons. The third-order valence-corrected chi connectivity index (χ3v) is 1.32. The molecule has 13 heavy (non-hydrogen) atoms. The van der Waals surface area contributed by atoms with E-state index >= 15 is 0 Å². The monoisotopic (exact) mass is 178 g/mol. The second-order valence-electron chi connectivity index (χ2n) is 2.14. The first kappa shape index (κ1) is 7.62. The van der Waals surface area contributed by atoms with Crippen molar-refractivity contribution in [2.45, 2.75) is 0 Å². The fraction of sp³-hybridized carbons (Fsp3) is 0. The molecule has 0 aliphatic heterocycles. The van der Waals surface area contributed by atoms with E-state index in [0.29, 0.717) is 11.6 Å². The smallest absolute Gasteiger partial charge is 0.314 e. The van der Waals surface area contributed by atoms with E-state index in [-0.39, 0.29) is 6.01 Å². The summed E-state index contributed by atoms with van der Waals surface area (Å²) in [5.41, 5.74) is 2.22. The molecule has 0 atom stereocenters. The summed E-state index contributed by atoms with van der Waals surface area (Å²) in [7, 11) is 0. The maximum Gasteiger partial charge on any atom is 0.336 e. The van der Waals surface area contributed by atoms with E-state index in [1.807, 2.05) is 0 Å². The van der Waals surface area contributed by atoms with Crippen LogP contribution in [0.2, 0.25) is 0 Å². The highest BCUT2D eigenvalue weighted by molar-refractivity contribution is 5.42.